The third kappa shape index (κ3) is 4.98. The number of ether oxygens (including phenoxy) is 1. The molecule has 5 aromatic rings. The quantitative estimate of drug-likeness (QED) is 0.208. The van der Waals surface area contributed by atoms with E-state index in [9.17, 15) is 14.7 Å². The molecule has 1 aromatic heterocycles. The van der Waals surface area contributed by atoms with Gasteiger partial charge in [0.05, 0.1) is 17.2 Å². The number of aromatic nitrogens is 1. The lowest BCUT2D eigenvalue weighted by atomic mass is 10.0. The molecule has 1 amide bonds. The maximum absolute atomic E-state index is 15.9. The molecule has 4 aromatic carbocycles. The van der Waals surface area contributed by atoms with Gasteiger partial charge in [0.1, 0.15) is 16.8 Å². The zero-order chi connectivity index (χ0) is 30.4. The Morgan fingerprint density at radius 3 is 2.59 bits per heavy atom. The molecule has 0 aliphatic carbocycles. The van der Waals surface area contributed by atoms with Crippen molar-refractivity contribution in [3.63, 3.8) is 0 Å². The van der Waals surface area contributed by atoms with E-state index in [-0.39, 0.29) is 28.9 Å². The molecule has 2 unspecified atom stereocenters. The maximum atomic E-state index is 15.9. The summed E-state index contributed by atoms with van der Waals surface area (Å²) in [4.78, 5) is 29.5. The first kappa shape index (κ1) is 28.1. The molecular formula is C35H33FN4O4. The predicted octanol–water partition coefficient (Wildman–Crippen LogP) is 5.75. The van der Waals surface area contributed by atoms with Gasteiger partial charge in [0.2, 0.25) is 5.43 Å². The smallest absolute Gasteiger partial charge is 0.256 e. The zero-order valence-corrected chi connectivity index (χ0v) is 24.3. The summed E-state index contributed by atoms with van der Waals surface area (Å²) in [5.41, 5.74) is 1.04. The summed E-state index contributed by atoms with van der Waals surface area (Å²) in [5, 5.41) is 18.6. The van der Waals surface area contributed by atoms with E-state index in [2.05, 4.69) is 22.6 Å². The molecular weight excluding hydrogens is 559 g/mol. The Morgan fingerprint density at radius 2 is 1.84 bits per heavy atom. The third-order valence-corrected chi connectivity index (χ3v) is 8.83. The molecule has 0 spiro atoms. The lowest BCUT2D eigenvalue weighted by Gasteiger charge is -2.27. The van der Waals surface area contributed by atoms with Gasteiger partial charge in [-0.3, -0.25) is 9.59 Å². The number of hydrogen-bond acceptors (Lipinski definition) is 6. The van der Waals surface area contributed by atoms with Crippen LogP contribution in [-0.4, -0.2) is 53.2 Å². The number of anilines is 1. The standard InChI is InChI=1S/C35H33FN4O4/c1-39-15-7-12-24(39)13-14-37-35(43)26-20-40-28-16-22-10-5-6-11-23(22)17-30(28)44-34-31(27(36)18-25(32(34)40)33(26)42)38-19-29(41)21-8-3-2-4-9-21/h2-6,8-11,16-18,20,24,29,38,41H,7,12-15,19H2,1H3,(H,37,43). The summed E-state index contributed by atoms with van der Waals surface area (Å²) < 4.78 is 23.9. The van der Waals surface area contributed by atoms with Gasteiger partial charge < -0.3 is 29.9 Å². The summed E-state index contributed by atoms with van der Waals surface area (Å²) in [6, 6.07) is 22.2. The Morgan fingerprint density at radius 1 is 1.09 bits per heavy atom. The van der Waals surface area contributed by atoms with E-state index in [1.54, 1.807) is 16.7 Å². The van der Waals surface area contributed by atoms with E-state index in [1.165, 1.54) is 6.20 Å². The molecule has 224 valence electrons. The van der Waals surface area contributed by atoms with Crippen LogP contribution in [0.25, 0.3) is 27.4 Å². The van der Waals surface area contributed by atoms with Crippen molar-refractivity contribution in [2.45, 2.75) is 31.4 Å². The van der Waals surface area contributed by atoms with Crippen molar-refractivity contribution in [3.05, 3.63) is 106 Å². The van der Waals surface area contributed by atoms with Crippen LogP contribution in [0.5, 0.6) is 11.5 Å². The zero-order valence-electron chi connectivity index (χ0n) is 24.3. The lowest BCUT2D eigenvalue weighted by molar-refractivity contribution is 0.0949. The molecule has 0 radical (unpaired) electrons. The number of carbonyl (C=O) groups is 1. The van der Waals surface area contributed by atoms with Crippen LogP contribution in [0.1, 0.15) is 41.3 Å². The number of nitrogens with one attached hydrogen (secondary N) is 2. The molecule has 0 saturated carbocycles. The summed E-state index contributed by atoms with van der Waals surface area (Å²) in [7, 11) is 2.08. The van der Waals surface area contributed by atoms with Crippen LogP contribution in [0.3, 0.4) is 0 Å². The largest absolute Gasteiger partial charge is 0.451 e. The van der Waals surface area contributed by atoms with Gasteiger partial charge in [0.15, 0.2) is 17.3 Å². The number of halogens is 1. The predicted molar refractivity (Wildman–Crippen MR) is 170 cm³/mol. The van der Waals surface area contributed by atoms with Crippen LogP contribution in [0, 0.1) is 5.82 Å². The molecule has 2 aliphatic rings. The first-order valence-electron chi connectivity index (χ1n) is 15.0. The first-order valence-corrected chi connectivity index (χ1v) is 15.0. The topological polar surface area (TPSA) is 95.8 Å². The molecule has 44 heavy (non-hydrogen) atoms. The number of benzene rings is 4. The van der Waals surface area contributed by atoms with E-state index in [1.807, 2.05) is 54.6 Å². The SMILES string of the molecule is CN1CCCC1CCNC(=O)c1cn2c3c(c(NCC(O)c4ccccc4)c(F)cc3c1=O)Oc1cc3ccccc3cc1-2. The van der Waals surface area contributed by atoms with Gasteiger partial charge in [0.25, 0.3) is 5.91 Å². The van der Waals surface area contributed by atoms with E-state index in [4.69, 9.17) is 4.74 Å². The Labute approximate surface area is 253 Å². The number of carbonyl (C=O) groups excluding carboxylic acids is 1. The highest BCUT2D eigenvalue weighted by Crippen LogP contribution is 2.46. The highest BCUT2D eigenvalue weighted by Gasteiger charge is 2.29. The molecule has 1 saturated heterocycles. The fraction of sp³-hybridized carbons (Fsp3) is 0.257. The number of likely N-dealkylation sites (tertiary alicyclic amines) is 1. The molecule has 8 nitrogen and oxygen atoms in total. The van der Waals surface area contributed by atoms with Crippen molar-refractivity contribution in [2.24, 2.45) is 0 Å². The van der Waals surface area contributed by atoms with Crippen LogP contribution >= 0.6 is 0 Å². The van der Waals surface area contributed by atoms with Gasteiger partial charge >= 0.3 is 0 Å². The second-order valence-corrected chi connectivity index (χ2v) is 11.6. The average molecular weight is 593 g/mol. The van der Waals surface area contributed by atoms with Gasteiger partial charge in [0, 0.05) is 25.3 Å². The minimum absolute atomic E-state index is 0.00822. The molecule has 2 atom stereocenters. The van der Waals surface area contributed by atoms with E-state index < -0.39 is 23.3 Å². The summed E-state index contributed by atoms with van der Waals surface area (Å²) in [5.74, 6) is -0.641. The number of nitrogens with zero attached hydrogens (tertiary/aromatic N) is 2. The lowest BCUT2D eigenvalue weighted by Crippen LogP contribution is -2.34. The van der Waals surface area contributed by atoms with Crippen molar-refractivity contribution < 1.29 is 19.0 Å². The van der Waals surface area contributed by atoms with Crippen LogP contribution < -0.4 is 20.8 Å². The number of amides is 1. The van der Waals surface area contributed by atoms with Gasteiger partial charge in [-0.25, -0.2) is 4.39 Å². The van der Waals surface area contributed by atoms with Gasteiger partial charge in [-0.15, -0.1) is 0 Å². The molecule has 3 heterocycles. The monoisotopic (exact) mass is 592 g/mol. The second-order valence-electron chi connectivity index (χ2n) is 11.6. The molecule has 0 bridgehead atoms. The molecule has 7 rings (SSSR count). The van der Waals surface area contributed by atoms with Crippen LogP contribution in [-0.2, 0) is 0 Å². The third-order valence-electron chi connectivity index (χ3n) is 8.83. The number of aliphatic hydroxyl groups is 1. The van der Waals surface area contributed by atoms with Crippen LogP contribution in [0.15, 0.2) is 83.8 Å². The minimum Gasteiger partial charge on any atom is -0.451 e. The summed E-state index contributed by atoms with van der Waals surface area (Å²) >= 11 is 0. The number of fused-ring (bicyclic) bond motifs is 3. The Kier molecular flexibility index (Phi) is 7.27. The minimum atomic E-state index is -0.907. The molecule has 3 N–H and O–H groups in total. The van der Waals surface area contributed by atoms with Crippen LogP contribution in [0.4, 0.5) is 10.1 Å². The maximum Gasteiger partial charge on any atom is 0.256 e. The van der Waals surface area contributed by atoms with Crippen molar-refractivity contribution in [3.8, 4) is 17.2 Å². The average Bonchev–Trinajstić information content (AvgIpc) is 3.45. The van der Waals surface area contributed by atoms with E-state index >= 15 is 4.39 Å². The van der Waals surface area contributed by atoms with Gasteiger partial charge in [-0.2, -0.15) is 0 Å². The van der Waals surface area contributed by atoms with Crippen molar-refractivity contribution >= 4 is 33.3 Å². The highest BCUT2D eigenvalue weighted by molar-refractivity contribution is 6.02. The summed E-state index contributed by atoms with van der Waals surface area (Å²) in [6.07, 6.45) is 3.63. The van der Waals surface area contributed by atoms with Crippen molar-refractivity contribution in [2.75, 3.05) is 32.0 Å². The highest BCUT2D eigenvalue weighted by atomic mass is 19.1. The molecule has 2 aliphatic heterocycles. The number of pyridine rings is 1. The normalized spacial score (nSPS) is 16.5. The number of hydrogen-bond donors (Lipinski definition) is 3. The van der Waals surface area contributed by atoms with E-state index in [0.717, 1.165) is 42.6 Å². The van der Waals surface area contributed by atoms with E-state index in [0.29, 0.717) is 35.1 Å². The van der Waals surface area contributed by atoms with Crippen molar-refractivity contribution in [1.29, 1.82) is 0 Å². The van der Waals surface area contributed by atoms with Crippen LogP contribution in [0.2, 0.25) is 0 Å². The summed E-state index contributed by atoms with van der Waals surface area (Å²) in [6.45, 7) is 1.48. The Balaban J connectivity index is 1.31. The number of rotatable bonds is 8. The van der Waals surface area contributed by atoms with Crippen molar-refractivity contribution in [1.82, 2.24) is 14.8 Å². The molecule has 1 fully saturated rings. The second kappa shape index (κ2) is 11.4. The van der Waals surface area contributed by atoms with Gasteiger partial charge in [-0.05, 0) is 67.4 Å². The first-order chi connectivity index (χ1) is 21.4. The Hall–Kier alpha value is -4.73. The molecule has 9 heteroatoms. The van der Waals surface area contributed by atoms with Gasteiger partial charge in [-0.1, -0.05) is 54.6 Å². The number of aliphatic hydroxyl groups excluding tert-OH is 1. The fourth-order valence-corrected chi connectivity index (χ4v) is 6.41. The Bertz CT molecular complexity index is 1960. The fourth-order valence-electron chi connectivity index (χ4n) is 6.41.